The van der Waals surface area contributed by atoms with Gasteiger partial charge in [0.15, 0.2) is 12.3 Å². The lowest BCUT2D eigenvalue weighted by Gasteiger charge is -2.22. The highest BCUT2D eigenvalue weighted by Gasteiger charge is 2.54. The van der Waals surface area contributed by atoms with Gasteiger partial charge in [-0.05, 0) is 30.5 Å². The van der Waals surface area contributed by atoms with E-state index in [1.807, 2.05) is 30.3 Å². The van der Waals surface area contributed by atoms with Gasteiger partial charge in [-0.15, -0.1) is 0 Å². The first-order valence-electron chi connectivity index (χ1n) is 8.67. The molecule has 3 atom stereocenters. The zero-order chi connectivity index (χ0) is 18.1. The van der Waals surface area contributed by atoms with Crippen LogP contribution in [0.2, 0.25) is 5.02 Å². The molecule has 134 valence electrons. The van der Waals surface area contributed by atoms with E-state index in [1.54, 1.807) is 12.1 Å². The van der Waals surface area contributed by atoms with Crippen LogP contribution in [0.5, 0.6) is 0 Å². The van der Waals surface area contributed by atoms with Gasteiger partial charge in [0.2, 0.25) is 5.91 Å². The zero-order valence-corrected chi connectivity index (χ0v) is 14.8. The zero-order valence-electron chi connectivity index (χ0n) is 14.1. The van der Waals surface area contributed by atoms with Crippen molar-refractivity contribution in [3.05, 3.63) is 70.7 Å². The van der Waals surface area contributed by atoms with Crippen molar-refractivity contribution in [1.82, 2.24) is 4.90 Å². The van der Waals surface area contributed by atoms with Gasteiger partial charge >= 0.3 is 0 Å². The van der Waals surface area contributed by atoms with Gasteiger partial charge in [0.1, 0.15) is 11.6 Å². The molecule has 2 aromatic carbocycles. The number of benzene rings is 2. The van der Waals surface area contributed by atoms with Crippen molar-refractivity contribution in [3.8, 4) is 0 Å². The average Bonchev–Trinajstić information content (AvgIpc) is 3.19. The first-order valence-corrected chi connectivity index (χ1v) is 9.05. The molecule has 2 aromatic rings. The van der Waals surface area contributed by atoms with Crippen LogP contribution in [0, 0.1) is 5.92 Å². The number of fused-ring (bicyclic) bond motifs is 1. The number of likely N-dealkylation sites (tertiary alicyclic amines) is 1. The highest BCUT2D eigenvalue weighted by Crippen LogP contribution is 2.35. The van der Waals surface area contributed by atoms with Gasteiger partial charge < -0.3 is 14.8 Å². The number of carbonyl (C=O) groups is 1. The molecule has 0 unspecified atom stereocenters. The Hall–Kier alpha value is -2.37. The van der Waals surface area contributed by atoms with E-state index in [4.69, 9.17) is 16.4 Å². The van der Waals surface area contributed by atoms with E-state index in [-0.39, 0.29) is 5.91 Å². The van der Waals surface area contributed by atoms with Gasteiger partial charge in [0.05, 0.1) is 0 Å². The van der Waals surface area contributed by atoms with Gasteiger partial charge in [-0.25, -0.2) is 0 Å². The number of amides is 1. The summed E-state index contributed by atoms with van der Waals surface area (Å²) in [6.07, 6.45) is 0.00689. The van der Waals surface area contributed by atoms with Crippen molar-refractivity contribution in [2.24, 2.45) is 11.1 Å². The number of aliphatic hydroxyl groups is 1. The van der Waals surface area contributed by atoms with E-state index < -0.39 is 18.2 Å². The Bertz CT molecular complexity index is 823. The summed E-state index contributed by atoms with van der Waals surface area (Å²) >= 11 is 5.93. The molecule has 0 saturated carbocycles. The minimum absolute atomic E-state index is 0.137. The predicted molar refractivity (Wildman–Crippen MR) is 98.8 cm³/mol. The molecule has 1 N–H and O–H groups in total. The molecule has 2 aliphatic heterocycles. The molecule has 2 aliphatic rings. The largest absolute Gasteiger partial charge is 0.386 e. The number of hydrogen-bond donors (Lipinski definition) is 1. The summed E-state index contributed by atoms with van der Waals surface area (Å²) in [5.74, 6) is -0.704. The van der Waals surface area contributed by atoms with E-state index >= 15 is 0 Å². The Morgan fingerprint density at radius 3 is 2.58 bits per heavy atom. The van der Waals surface area contributed by atoms with E-state index in [2.05, 4.69) is 17.3 Å². The Morgan fingerprint density at radius 2 is 1.85 bits per heavy atom. The Labute approximate surface area is 156 Å². The molecule has 4 rings (SSSR count). The third-order valence-electron chi connectivity index (χ3n) is 4.91. The second-order valence-corrected chi connectivity index (χ2v) is 7.00. The molecule has 1 saturated heterocycles. The SMILES string of the molecule is O=C1[C@@H]2C(c3ccc(Cl)cc3)=NO[C@@H]2[C@H](O)N1CCCc1ccccc1. The topological polar surface area (TPSA) is 62.1 Å². The normalized spacial score (nSPS) is 24.4. The average molecular weight is 371 g/mol. The van der Waals surface area contributed by atoms with Crippen LogP contribution in [0.4, 0.5) is 0 Å². The van der Waals surface area contributed by atoms with Gasteiger partial charge in [0, 0.05) is 17.1 Å². The van der Waals surface area contributed by atoms with Crippen LogP contribution in [-0.2, 0) is 16.1 Å². The first kappa shape index (κ1) is 17.1. The molecule has 0 aromatic heterocycles. The highest BCUT2D eigenvalue weighted by atomic mass is 35.5. The molecule has 0 bridgehead atoms. The molecular formula is C20H19ClN2O3. The molecule has 0 aliphatic carbocycles. The summed E-state index contributed by atoms with van der Waals surface area (Å²) in [5.41, 5.74) is 2.56. The van der Waals surface area contributed by atoms with Gasteiger partial charge in [0.25, 0.3) is 0 Å². The van der Waals surface area contributed by atoms with Crippen LogP contribution in [0.1, 0.15) is 17.5 Å². The van der Waals surface area contributed by atoms with Crippen LogP contribution in [-0.4, -0.2) is 40.5 Å². The fourth-order valence-electron chi connectivity index (χ4n) is 3.55. The third kappa shape index (κ3) is 3.08. The van der Waals surface area contributed by atoms with Crippen molar-refractivity contribution in [2.45, 2.75) is 25.2 Å². The van der Waals surface area contributed by atoms with Crippen LogP contribution < -0.4 is 0 Å². The van der Waals surface area contributed by atoms with Crippen LogP contribution in [0.3, 0.4) is 0 Å². The third-order valence-corrected chi connectivity index (χ3v) is 5.16. The molecule has 1 amide bonds. The fourth-order valence-corrected chi connectivity index (χ4v) is 3.68. The number of aryl methyl sites for hydroxylation is 1. The minimum Gasteiger partial charge on any atom is -0.386 e. The quantitative estimate of drug-likeness (QED) is 0.880. The second-order valence-electron chi connectivity index (χ2n) is 6.57. The Balaban J connectivity index is 1.44. The highest BCUT2D eigenvalue weighted by molar-refractivity contribution is 6.30. The van der Waals surface area contributed by atoms with Crippen LogP contribution >= 0.6 is 11.6 Å². The maximum atomic E-state index is 12.9. The summed E-state index contributed by atoms with van der Waals surface area (Å²) in [5, 5.41) is 15.2. The second kappa shape index (κ2) is 7.09. The number of aliphatic hydroxyl groups excluding tert-OH is 1. The summed E-state index contributed by atoms with van der Waals surface area (Å²) in [6.45, 7) is 0.485. The molecular weight excluding hydrogens is 352 g/mol. The molecule has 26 heavy (non-hydrogen) atoms. The minimum atomic E-state index is -0.975. The molecule has 0 radical (unpaired) electrons. The number of nitrogens with zero attached hydrogens (tertiary/aromatic N) is 2. The number of oxime groups is 1. The maximum absolute atomic E-state index is 12.9. The van der Waals surface area contributed by atoms with Crippen LogP contribution in [0.25, 0.3) is 0 Å². The lowest BCUT2D eigenvalue weighted by Crippen LogP contribution is -2.38. The summed E-state index contributed by atoms with van der Waals surface area (Å²) in [6, 6.07) is 17.2. The lowest BCUT2D eigenvalue weighted by molar-refractivity contribution is -0.135. The maximum Gasteiger partial charge on any atom is 0.238 e. The Kier molecular flexibility index (Phi) is 4.66. The molecule has 0 spiro atoms. The van der Waals surface area contributed by atoms with E-state index in [1.165, 1.54) is 10.5 Å². The van der Waals surface area contributed by atoms with Crippen molar-refractivity contribution < 1.29 is 14.7 Å². The van der Waals surface area contributed by atoms with Gasteiger partial charge in [-0.1, -0.05) is 59.2 Å². The van der Waals surface area contributed by atoms with E-state index in [0.29, 0.717) is 17.3 Å². The number of carbonyl (C=O) groups excluding carboxylic acids is 1. The standard InChI is InChI=1S/C20H19ClN2O3/c21-15-10-8-14(9-11-15)17-16-18(26-22-17)20(25)23(19(16)24)12-4-7-13-5-2-1-3-6-13/h1-3,5-6,8-11,16,18,20,25H,4,7,12H2/t16-,18+,20+/m1/s1. The monoisotopic (exact) mass is 370 g/mol. The summed E-state index contributed by atoms with van der Waals surface area (Å²) in [7, 11) is 0. The van der Waals surface area contributed by atoms with Gasteiger partial charge in [-0.2, -0.15) is 0 Å². The lowest BCUT2D eigenvalue weighted by atomic mass is 9.94. The fraction of sp³-hybridized carbons (Fsp3) is 0.300. The summed E-state index contributed by atoms with van der Waals surface area (Å²) in [4.78, 5) is 19.8. The number of halogens is 1. The number of hydrogen-bond acceptors (Lipinski definition) is 4. The van der Waals surface area contributed by atoms with Crippen molar-refractivity contribution >= 4 is 23.2 Å². The van der Waals surface area contributed by atoms with Crippen LogP contribution in [0.15, 0.2) is 59.8 Å². The Morgan fingerprint density at radius 1 is 1.12 bits per heavy atom. The van der Waals surface area contributed by atoms with Gasteiger partial charge in [-0.3, -0.25) is 4.79 Å². The van der Waals surface area contributed by atoms with E-state index in [0.717, 1.165) is 18.4 Å². The first-order chi connectivity index (χ1) is 12.6. The van der Waals surface area contributed by atoms with Crippen molar-refractivity contribution in [1.29, 1.82) is 0 Å². The van der Waals surface area contributed by atoms with Crippen molar-refractivity contribution in [2.75, 3.05) is 6.54 Å². The van der Waals surface area contributed by atoms with Crippen molar-refractivity contribution in [3.63, 3.8) is 0 Å². The molecule has 6 heteroatoms. The smallest absolute Gasteiger partial charge is 0.238 e. The number of rotatable bonds is 5. The molecule has 2 heterocycles. The van der Waals surface area contributed by atoms with E-state index in [9.17, 15) is 9.90 Å². The molecule has 1 fully saturated rings. The molecule has 5 nitrogen and oxygen atoms in total. The summed E-state index contributed by atoms with van der Waals surface area (Å²) < 4.78 is 0. The predicted octanol–water partition coefficient (Wildman–Crippen LogP) is 2.85.